The summed E-state index contributed by atoms with van der Waals surface area (Å²) in [5.74, 6) is 0. The Balaban J connectivity index is 1.70. The molecule has 0 aliphatic carbocycles. The van der Waals surface area contributed by atoms with Crippen molar-refractivity contribution in [1.82, 2.24) is 0 Å². The maximum Gasteiger partial charge on any atom is 0.292 e. The maximum absolute atomic E-state index is 10.9. The number of nitrogens with zero attached hydrogens (tertiary/aromatic N) is 2. The zero-order chi connectivity index (χ0) is 18.8. The highest BCUT2D eigenvalue weighted by atomic mass is 16.6. The average Bonchev–Trinajstić information content (AvgIpc) is 2.64. The van der Waals surface area contributed by atoms with Crippen molar-refractivity contribution in [1.29, 1.82) is 0 Å². The molecule has 0 aliphatic heterocycles. The molecule has 2 N–H and O–H groups in total. The van der Waals surface area contributed by atoms with Crippen LogP contribution in [-0.2, 0) is 0 Å². The summed E-state index contributed by atoms with van der Waals surface area (Å²) in [6, 6.07) is 13.1. The van der Waals surface area contributed by atoms with Gasteiger partial charge < -0.3 is 10.6 Å². The predicted octanol–water partition coefficient (Wildman–Crippen LogP) is 4.36. The van der Waals surface area contributed by atoms with Crippen molar-refractivity contribution in [2.24, 2.45) is 0 Å². The van der Waals surface area contributed by atoms with Crippen LogP contribution in [0.3, 0.4) is 0 Å². The van der Waals surface area contributed by atoms with Gasteiger partial charge >= 0.3 is 0 Å². The maximum atomic E-state index is 10.9. The third kappa shape index (κ3) is 5.59. The molecule has 0 aromatic heterocycles. The summed E-state index contributed by atoms with van der Waals surface area (Å²) in [6.07, 6.45) is 5.39. The minimum absolute atomic E-state index is 0.0603. The lowest BCUT2D eigenvalue weighted by atomic mass is 10.2. The number of para-hydroxylation sites is 4. The summed E-state index contributed by atoms with van der Waals surface area (Å²) in [6.45, 7) is 1.16. The molecule has 0 aliphatic rings. The first-order valence-corrected chi connectivity index (χ1v) is 8.19. The molecule has 0 unspecified atom stereocenters. The van der Waals surface area contributed by atoms with Gasteiger partial charge in [0.2, 0.25) is 0 Å². The summed E-state index contributed by atoms with van der Waals surface area (Å²) in [4.78, 5) is 21.0. The molecule has 8 nitrogen and oxygen atoms in total. The molecule has 0 amide bonds. The first kappa shape index (κ1) is 18.9. The van der Waals surface area contributed by atoms with Gasteiger partial charge in [0.15, 0.2) is 0 Å². The molecule has 0 saturated heterocycles. The highest BCUT2D eigenvalue weighted by Crippen LogP contribution is 2.23. The van der Waals surface area contributed by atoms with Crippen LogP contribution in [0.5, 0.6) is 0 Å². The second-order valence-electron chi connectivity index (χ2n) is 5.45. The van der Waals surface area contributed by atoms with Crippen LogP contribution in [0.25, 0.3) is 0 Å². The summed E-state index contributed by atoms with van der Waals surface area (Å²) < 4.78 is 0. The Morgan fingerprint density at radius 2 is 1.12 bits per heavy atom. The van der Waals surface area contributed by atoms with Crippen LogP contribution < -0.4 is 10.6 Å². The Labute approximate surface area is 150 Å². The van der Waals surface area contributed by atoms with E-state index < -0.39 is 9.85 Å². The van der Waals surface area contributed by atoms with Gasteiger partial charge in [0, 0.05) is 25.2 Å². The minimum atomic E-state index is -0.410. The molecule has 0 saturated carbocycles. The standard InChI is InChI=1S/C18H20N4O4/c23-21(24)17-11-5-3-9-15(17)19-13-7-1-2-8-14-20-16-10-4-6-12-18(16)22(25)26/h1-6,9-12,19-20H,7-8,13-14H2/b2-1+. The van der Waals surface area contributed by atoms with Gasteiger partial charge in [-0.3, -0.25) is 20.2 Å². The second-order valence-corrected chi connectivity index (χ2v) is 5.45. The van der Waals surface area contributed by atoms with Crippen molar-refractivity contribution in [3.05, 3.63) is 80.9 Å². The van der Waals surface area contributed by atoms with Gasteiger partial charge in [-0.05, 0) is 25.0 Å². The summed E-state index contributed by atoms with van der Waals surface area (Å²) in [5.41, 5.74) is 1.13. The molecule has 8 heteroatoms. The van der Waals surface area contributed by atoms with E-state index in [4.69, 9.17) is 0 Å². The van der Waals surface area contributed by atoms with Gasteiger partial charge in [-0.1, -0.05) is 36.4 Å². The number of nitro benzene ring substituents is 2. The van der Waals surface area contributed by atoms with Crippen LogP contribution in [0.15, 0.2) is 60.7 Å². The van der Waals surface area contributed by atoms with Crippen LogP contribution in [0.4, 0.5) is 22.7 Å². The smallest absolute Gasteiger partial charge is 0.292 e. The summed E-state index contributed by atoms with van der Waals surface area (Å²) in [5, 5.41) is 27.9. The molecule has 0 radical (unpaired) electrons. The number of anilines is 2. The van der Waals surface area contributed by atoms with Crippen molar-refractivity contribution in [2.75, 3.05) is 23.7 Å². The number of nitro groups is 2. The van der Waals surface area contributed by atoms with Crippen LogP contribution in [0.2, 0.25) is 0 Å². The van der Waals surface area contributed by atoms with Gasteiger partial charge in [-0.2, -0.15) is 0 Å². The number of nitrogens with one attached hydrogen (secondary N) is 2. The molecule has 2 rings (SSSR count). The van der Waals surface area contributed by atoms with Gasteiger partial charge in [-0.15, -0.1) is 0 Å². The van der Waals surface area contributed by atoms with Crippen molar-refractivity contribution < 1.29 is 9.85 Å². The van der Waals surface area contributed by atoms with E-state index >= 15 is 0 Å². The normalized spacial score (nSPS) is 10.6. The van der Waals surface area contributed by atoms with E-state index in [-0.39, 0.29) is 11.4 Å². The van der Waals surface area contributed by atoms with Crippen LogP contribution in [-0.4, -0.2) is 22.9 Å². The van der Waals surface area contributed by atoms with Crippen molar-refractivity contribution >= 4 is 22.7 Å². The Kier molecular flexibility index (Phi) is 7.11. The Morgan fingerprint density at radius 1 is 0.731 bits per heavy atom. The largest absolute Gasteiger partial charge is 0.379 e. The van der Waals surface area contributed by atoms with E-state index in [0.29, 0.717) is 24.5 Å². The molecular weight excluding hydrogens is 336 g/mol. The van der Waals surface area contributed by atoms with Gasteiger partial charge in [0.1, 0.15) is 11.4 Å². The average molecular weight is 356 g/mol. The second kappa shape index (κ2) is 9.77. The molecule has 0 atom stereocenters. The minimum Gasteiger partial charge on any atom is -0.379 e. The van der Waals surface area contributed by atoms with Gasteiger partial charge in [0.05, 0.1) is 9.85 Å². The lowest BCUT2D eigenvalue weighted by Gasteiger charge is -2.05. The monoisotopic (exact) mass is 356 g/mol. The van der Waals surface area contributed by atoms with E-state index in [0.717, 1.165) is 12.8 Å². The molecule has 0 bridgehead atoms. The number of hydrogen-bond acceptors (Lipinski definition) is 6. The van der Waals surface area contributed by atoms with E-state index in [1.54, 1.807) is 36.4 Å². The topological polar surface area (TPSA) is 110 Å². The zero-order valence-corrected chi connectivity index (χ0v) is 14.1. The van der Waals surface area contributed by atoms with E-state index in [1.807, 2.05) is 12.2 Å². The molecule has 0 spiro atoms. The van der Waals surface area contributed by atoms with Crippen molar-refractivity contribution in [3.63, 3.8) is 0 Å². The quantitative estimate of drug-likeness (QED) is 0.283. The number of rotatable bonds is 10. The molecule has 2 aromatic rings. The third-order valence-electron chi connectivity index (χ3n) is 3.62. The van der Waals surface area contributed by atoms with E-state index in [2.05, 4.69) is 10.6 Å². The SMILES string of the molecule is O=[N+]([O-])c1ccccc1NCC/C=C/CCNc1ccccc1[N+](=O)[O-]. The predicted molar refractivity (Wildman–Crippen MR) is 102 cm³/mol. The molecule has 0 fully saturated rings. The highest BCUT2D eigenvalue weighted by Gasteiger charge is 2.11. The summed E-state index contributed by atoms with van der Waals surface area (Å²) >= 11 is 0. The Morgan fingerprint density at radius 3 is 1.50 bits per heavy atom. The van der Waals surface area contributed by atoms with Gasteiger partial charge in [-0.25, -0.2) is 0 Å². The van der Waals surface area contributed by atoms with E-state index in [1.165, 1.54) is 12.1 Å². The lowest BCUT2D eigenvalue weighted by Crippen LogP contribution is -2.04. The van der Waals surface area contributed by atoms with Crippen molar-refractivity contribution in [3.8, 4) is 0 Å². The first-order chi connectivity index (χ1) is 12.6. The van der Waals surface area contributed by atoms with Gasteiger partial charge in [0.25, 0.3) is 11.4 Å². The molecule has 2 aromatic carbocycles. The van der Waals surface area contributed by atoms with Crippen molar-refractivity contribution in [2.45, 2.75) is 12.8 Å². The third-order valence-corrected chi connectivity index (χ3v) is 3.62. The van der Waals surface area contributed by atoms with Crippen LogP contribution in [0.1, 0.15) is 12.8 Å². The molecule has 26 heavy (non-hydrogen) atoms. The molecular formula is C18H20N4O4. The zero-order valence-electron chi connectivity index (χ0n) is 14.1. The Hall–Kier alpha value is -3.42. The highest BCUT2D eigenvalue weighted by molar-refractivity contribution is 5.61. The lowest BCUT2D eigenvalue weighted by molar-refractivity contribution is -0.384. The van der Waals surface area contributed by atoms with Crippen LogP contribution >= 0.6 is 0 Å². The fourth-order valence-electron chi connectivity index (χ4n) is 2.38. The Bertz CT molecular complexity index is 727. The number of benzene rings is 2. The summed E-state index contributed by atoms with van der Waals surface area (Å²) in [7, 11) is 0. The number of hydrogen-bond donors (Lipinski definition) is 2. The molecule has 0 heterocycles. The van der Waals surface area contributed by atoms with Crippen LogP contribution in [0, 0.1) is 20.2 Å². The van der Waals surface area contributed by atoms with E-state index in [9.17, 15) is 20.2 Å². The molecule has 136 valence electrons. The first-order valence-electron chi connectivity index (χ1n) is 8.19. The fraction of sp³-hybridized carbons (Fsp3) is 0.222. The fourth-order valence-corrected chi connectivity index (χ4v) is 2.38.